The van der Waals surface area contributed by atoms with Gasteiger partial charge in [-0.1, -0.05) is 6.07 Å². The van der Waals surface area contributed by atoms with E-state index in [4.69, 9.17) is 11.8 Å². The van der Waals surface area contributed by atoms with Crippen molar-refractivity contribution in [3.8, 4) is 0 Å². The van der Waals surface area contributed by atoms with Crippen molar-refractivity contribution in [2.24, 2.45) is 7.05 Å². The molecule has 0 spiro atoms. The topological polar surface area (TPSA) is 26.9 Å². The number of aryl methyl sites for hydroxylation is 1. The fraction of sp³-hybridized carbons (Fsp3) is 0.125. The molecule has 1 radical (unpaired) electrons. The van der Waals surface area contributed by atoms with Gasteiger partial charge < -0.3 is 0 Å². The van der Waals surface area contributed by atoms with Crippen LogP contribution in [0.1, 0.15) is 0 Å². The number of hydrogen-bond acceptors (Lipinski definition) is 1. The number of halogens is 1. The van der Waals surface area contributed by atoms with Gasteiger partial charge in [0.2, 0.25) is 0 Å². The Morgan fingerprint density at radius 3 is 2.92 bits per heavy atom. The fourth-order valence-corrected chi connectivity index (χ4v) is 1.44. The smallest absolute Gasteiger partial charge is 0.294 e. The zero-order valence-corrected chi connectivity index (χ0v) is 7.17. The summed E-state index contributed by atoms with van der Waals surface area (Å²) in [6.45, 7) is 0. The van der Waals surface area contributed by atoms with Crippen molar-refractivity contribution in [3.05, 3.63) is 34.7 Å². The lowest BCUT2D eigenvalue weighted by molar-refractivity contribution is 0.875. The Labute approximate surface area is 73.9 Å². The van der Waals surface area contributed by atoms with Crippen LogP contribution in [-0.4, -0.2) is 8.65 Å². The summed E-state index contributed by atoms with van der Waals surface area (Å²) in [6.07, 6.45) is 0. The highest BCUT2D eigenvalue weighted by Gasteiger charge is 2.06. The fourth-order valence-electron chi connectivity index (χ4n) is 1.19. The number of benzene rings is 1. The molecule has 0 amide bonds. The van der Waals surface area contributed by atoms with E-state index in [1.807, 2.05) is 0 Å². The lowest BCUT2D eigenvalue weighted by atomic mass is 10.3. The molecule has 0 aliphatic rings. The van der Waals surface area contributed by atoms with Gasteiger partial charge in [0.1, 0.15) is 0 Å². The second kappa shape index (κ2) is 2.38. The first-order valence-electron chi connectivity index (χ1n) is 3.45. The summed E-state index contributed by atoms with van der Waals surface area (Å²) in [5.74, 6) is 0. The summed E-state index contributed by atoms with van der Waals surface area (Å²) in [4.78, 5) is 11.3. The quantitative estimate of drug-likeness (QED) is 0.599. The average molecular weight is 182 g/mol. The van der Waals surface area contributed by atoms with Gasteiger partial charge in [0.25, 0.3) is 0 Å². The predicted molar refractivity (Wildman–Crippen MR) is 47.3 cm³/mol. The van der Waals surface area contributed by atoms with Gasteiger partial charge in [0.05, 0.1) is 11.0 Å². The number of aromatic nitrogens is 2. The molecule has 0 N–H and O–H groups in total. The number of fused-ring (bicyclic) bond motifs is 1. The van der Waals surface area contributed by atoms with Gasteiger partial charge in [0.15, 0.2) is 0 Å². The highest BCUT2D eigenvalue weighted by molar-refractivity contribution is 6.18. The van der Waals surface area contributed by atoms with E-state index in [0.29, 0.717) is 5.52 Å². The Morgan fingerprint density at radius 2 is 2.25 bits per heavy atom. The average Bonchev–Trinajstić information content (AvgIpc) is 2.33. The monoisotopic (exact) mass is 181 g/mol. The predicted octanol–water partition coefficient (Wildman–Crippen LogP) is 1.14. The highest BCUT2D eigenvalue weighted by atomic mass is 35.5. The molecule has 0 aliphatic carbocycles. The molecular weight excluding hydrogens is 176 g/mol. The van der Waals surface area contributed by atoms with E-state index in [0.717, 1.165) is 9.60 Å². The van der Waals surface area contributed by atoms with Gasteiger partial charge in [-0.05, 0) is 18.2 Å². The zero-order chi connectivity index (χ0) is 8.72. The van der Waals surface area contributed by atoms with Crippen LogP contribution >= 0.6 is 11.8 Å². The summed E-state index contributed by atoms with van der Waals surface area (Å²) in [5, 5.41) is 0. The van der Waals surface area contributed by atoms with Gasteiger partial charge in [-0.15, -0.1) is 0 Å². The van der Waals surface area contributed by atoms with Crippen molar-refractivity contribution in [3.63, 3.8) is 0 Å². The van der Waals surface area contributed by atoms with Crippen LogP contribution in [-0.2, 0) is 7.05 Å². The van der Waals surface area contributed by atoms with Crippen molar-refractivity contribution in [1.82, 2.24) is 8.65 Å². The molecule has 0 saturated carbocycles. The maximum Gasteiger partial charge on any atom is 0.343 e. The van der Waals surface area contributed by atoms with E-state index in [1.54, 1.807) is 25.2 Å². The minimum atomic E-state index is -0.230. The molecule has 0 bridgehead atoms. The van der Waals surface area contributed by atoms with Crippen molar-refractivity contribution in [2.45, 2.75) is 0 Å². The summed E-state index contributed by atoms with van der Waals surface area (Å²) in [5.41, 5.74) is 1.27. The Hall–Kier alpha value is -1.22. The van der Waals surface area contributed by atoms with Crippen LogP contribution in [0.4, 0.5) is 0 Å². The van der Waals surface area contributed by atoms with Crippen molar-refractivity contribution < 1.29 is 0 Å². The van der Waals surface area contributed by atoms with Crippen LogP contribution in [0.5, 0.6) is 0 Å². The highest BCUT2D eigenvalue weighted by Crippen LogP contribution is 2.11. The van der Waals surface area contributed by atoms with Crippen LogP contribution in [0, 0.1) is 6.07 Å². The summed E-state index contributed by atoms with van der Waals surface area (Å²) in [7, 11) is 1.68. The van der Waals surface area contributed by atoms with Crippen molar-refractivity contribution in [1.29, 1.82) is 0 Å². The van der Waals surface area contributed by atoms with E-state index < -0.39 is 0 Å². The second-order valence-electron chi connectivity index (χ2n) is 2.54. The first-order valence-corrected chi connectivity index (χ1v) is 3.79. The lowest BCUT2D eigenvalue weighted by Gasteiger charge is -1.89. The largest absolute Gasteiger partial charge is 0.343 e. The van der Waals surface area contributed by atoms with E-state index in [-0.39, 0.29) is 5.69 Å². The minimum absolute atomic E-state index is 0.230. The molecule has 0 unspecified atom stereocenters. The number of rotatable bonds is 0. The summed E-state index contributed by atoms with van der Waals surface area (Å²) >= 11 is 5.72. The third-order valence-electron chi connectivity index (χ3n) is 1.85. The number of hydrogen-bond donors (Lipinski definition) is 0. The molecule has 2 rings (SSSR count). The third kappa shape index (κ3) is 0.800. The van der Waals surface area contributed by atoms with Crippen LogP contribution in [0.2, 0.25) is 0 Å². The minimum Gasteiger partial charge on any atom is -0.294 e. The lowest BCUT2D eigenvalue weighted by Crippen LogP contribution is -2.16. The van der Waals surface area contributed by atoms with Crippen molar-refractivity contribution in [2.75, 3.05) is 0 Å². The van der Waals surface area contributed by atoms with Gasteiger partial charge in [-0.3, -0.25) is 4.57 Å². The Morgan fingerprint density at radius 1 is 1.50 bits per heavy atom. The normalized spacial score (nSPS) is 10.8. The Balaban J connectivity index is 3.09. The van der Waals surface area contributed by atoms with E-state index in [9.17, 15) is 4.79 Å². The molecule has 0 atom stereocenters. The molecule has 1 aromatic heterocycles. The third-order valence-corrected chi connectivity index (χ3v) is 2.17. The molecule has 1 aromatic carbocycles. The molecule has 4 heteroatoms. The SMILES string of the molecule is Cn1c(=O)n(Cl)c2cc[c]cc21. The Bertz CT molecular complexity index is 441. The molecule has 3 nitrogen and oxygen atoms in total. The van der Waals surface area contributed by atoms with Crippen LogP contribution < -0.4 is 5.69 Å². The maximum absolute atomic E-state index is 11.3. The first-order chi connectivity index (χ1) is 5.72. The summed E-state index contributed by atoms with van der Waals surface area (Å²) < 4.78 is 2.59. The van der Waals surface area contributed by atoms with Crippen LogP contribution in [0.25, 0.3) is 11.0 Å². The molecule has 0 fully saturated rings. The summed E-state index contributed by atoms with van der Waals surface area (Å²) in [6, 6.07) is 8.09. The van der Waals surface area contributed by atoms with E-state index in [1.165, 1.54) is 4.57 Å². The molecule has 2 aromatic rings. The van der Waals surface area contributed by atoms with Gasteiger partial charge in [-0.2, -0.15) is 0 Å². The number of imidazole rings is 1. The molecular formula is C8H6ClN2O. The van der Waals surface area contributed by atoms with E-state index >= 15 is 0 Å². The van der Waals surface area contributed by atoms with Gasteiger partial charge in [0, 0.05) is 18.8 Å². The molecule has 0 saturated heterocycles. The first kappa shape index (κ1) is 7.43. The van der Waals surface area contributed by atoms with E-state index in [2.05, 4.69) is 6.07 Å². The van der Waals surface area contributed by atoms with Gasteiger partial charge >= 0.3 is 5.69 Å². The Kier molecular flexibility index (Phi) is 1.48. The standard InChI is InChI=1S/C8H6ClN2O/c1-10-6-4-2-3-5-7(6)11(9)8(10)12/h3-5H,1H3. The molecule has 0 aliphatic heterocycles. The molecule has 61 valence electrons. The second-order valence-corrected chi connectivity index (χ2v) is 2.88. The van der Waals surface area contributed by atoms with Crippen LogP contribution in [0.15, 0.2) is 23.0 Å². The van der Waals surface area contributed by atoms with Crippen LogP contribution in [0.3, 0.4) is 0 Å². The zero-order valence-electron chi connectivity index (χ0n) is 6.41. The van der Waals surface area contributed by atoms with Gasteiger partial charge in [-0.25, -0.2) is 8.88 Å². The molecule has 12 heavy (non-hydrogen) atoms. The maximum atomic E-state index is 11.3. The van der Waals surface area contributed by atoms with Crippen molar-refractivity contribution >= 4 is 22.8 Å². The number of nitrogens with zero attached hydrogens (tertiary/aromatic N) is 2. The molecule has 1 heterocycles.